The Morgan fingerprint density at radius 2 is 1.94 bits per heavy atom. The molecule has 0 fully saturated rings. The lowest BCUT2D eigenvalue weighted by Gasteiger charge is -2.15. The van der Waals surface area contributed by atoms with Crippen LogP contribution in [0.5, 0.6) is 0 Å². The van der Waals surface area contributed by atoms with Crippen molar-refractivity contribution < 1.29 is 12.8 Å². The van der Waals surface area contributed by atoms with E-state index in [9.17, 15) is 12.8 Å². The van der Waals surface area contributed by atoms with Crippen molar-refractivity contribution in [3.8, 4) is 0 Å². The number of rotatable bonds is 6. The van der Waals surface area contributed by atoms with Gasteiger partial charge in [0, 0.05) is 24.3 Å². The van der Waals surface area contributed by atoms with E-state index in [4.69, 9.17) is 0 Å². The number of aromatic nitrogens is 4. The van der Waals surface area contributed by atoms with E-state index in [0.29, 0.717) is 16.2 Å². The summed E-state index contributed by atoms with van der Waals surface area (Å²) in [5.41, 5.74) is 1.70. The molecule has 0 unspecified atom stereocenters. The molecule has 3 N–H and O–H groups in total. The molecule has 0 spiro atoms. The van der Waals surface area contributed by atoms with Crippen LogP contribution < -0.4 is 15.4 Å². The summed E-state index contributed by atoms with van der Waals surface area (Å²) >= 11 is 3.36. The van der Waals surface area contributed by atoms with Gasteiger partial charge in [0.15, 0.2) is 0 Å². The Hall–Kier alpha value is -3.25. The van der Waals surface area contributed by atoms with Crippen molar-refractivity contribution in [2.45, 2.75) is 0 Å². The van der Waals surface area contributed by atoms with Gasteiger partial charge in [0.05, 0.1) is 28.1 Å². The molecule has 4 aromatic rings. The summed E-state index contributed by atoms with van der Waals surface area (Å²) in [7, 11) is -1.83. The van der Waals surface area contributed by atoms with Crippen molar-refractivity contribution in [3.05, 3.63) is 59.1 Å². The Morgan fingerprint density at radius 1 is 1.13 bits per heavy atom. The Balaban J connectivity index is 1.64. The minimum absolute atomic E-state index is 0.201. The molecule has 2 aromatic heterocycles. The van der Waals surface area contributed by atoms with E-state index in [-0.39, 0.29) is 11.4 Å². The zero-order valence-electron chi connectivity index (χ0n) is 16.4. The number of nitrogens with zero attached hydrogens (tertiary/aromatic N) is 4. The minimum atomic E-state index is -3.68. The van der Waals surface area contributed by atoms with Crippen molar-refractivity contribution in [2.24, 2.45) is 7.05 Å². The summed E-state index contributed by atoms with van der Waals surface area (Å²) in [6.45, 7) is 0. The van der Waals surface area contributed by atoms with E-state index in [1.165, 1.54) is 18.3 Å². The second kappa shape index (κ2) is 8.12. The van der Waals surface area contributed by atoms with Gasteiger partial charge in [0.2, 0.25) is 16.0 Å². The number of nitrogens with one attached hydrogen (secondary N) is 3. The maximum Gasteiger partial charge on any atom is 0.229 e. The van der Waals surface area contributed by atoms with Gasteiger partial charge in [-0.3, -0.25) is 9.40 Å². The number of para-hydroxylation sites is 1. The van der Waals surface area contributed by atoms with Gasteiger partial charge in [0.25, 0.3) is 0 Å². The van der Waals surface area contributed by atoms with E-state index in [1.807, 2.05) is 25.2 Å². The number of hydrogen-bond donors (Lipinski definition) is 3. The van der Waals surface area contributed by atoms with Crippen molar-refractivity contribution >= 4 is 65.7 Å². The molecule has 160 valence electrons. The van der Waals surface area contributed by atoms with E-state index in [2.05, 4.69) is 46.4 Å². The Labute approximate surface area is 185 Å². The number of halogens is 2. The van der Waals surface area contributed by atoms with E-state index in [1.54, 1.807) is 10.9 Å². The van der Waals surface area contributed by atoms with Gasteiger partial charge < -0.3 is 10.6 Å². The fourth-order valence-corrected chi connectivity index (χ4v) is 3.78. The molecule has 0 bridgehead atoms. The number of hydrogen-bond acceptors (Lipinski definition) is 7. The number of sulfonamides is 1. The molecule has 0 aliphatic rings. The van der Waals surface area contributed by atoms with Gasteiger partial charge in [-0.05, 0) is 46.3 Å². The predicted octanol–water partition coefficient (Wildman–Crippen LogP) is 4.12. The highest BCUT2D eigenvalue weighted by Gasteiger charge is 2.15. The average Bonchev–Trinajstić information content (AvgIpc) is 3.07. The lowest BCUT2D eigenvalue weighted by Crippen LogP contribution is -2.13. The molecule has 0 saturated heterocycles. The van der Waals surface area contributed by atoms with Crippen LogP contribution in [-0.2, 0) is 17.1 Å². The summed E-state index contributed by atoms with van der Waals surface area (Å²) in [4.78, 5) is 8.67. The van der Waals surface area contributed by atoms with Gasteiger partial charge in [-0.1, -0.05) is 6.07 Å². The minimum Gasteiger partial charge on any atom is -0.337 e. The molecular weight excluding hydrogens is 489 g/mol. The fourth-order valence-electron chi connectivity index (χ4n) is 2.91. The van der Waals surface area contributed by atoms with Crippen molar-refractivity contribution in [1.82, 2.24) is 19.7 Å². The highest BCUT2D eigenvalue weighted by molar-refractivity contribution is 9.10. The average molecular weight is 506 g/mol. The molecule has 0 atom stereocenters. The van der Waals surface area contributed by atoms with Gasteiger partial charge in [-0.15, -0.1) is 0 Å². The van der Waals surface area contributed by atoms with Crippen LogP contribution in [0.15, 0.2) is 53.3 Å². The highest BCUT2D eigenvalue weighted by Crippen LogP contribution is 2.32. The molecule has 2 aromatic carbocycles. The third kappa shape index (κ3) is 4.75. The van der Waals surface area contributed by atoms with Gasteiger partial charge in [-0.2, -0.15) is 10.1 Å². The topological polar surface area (TPSA) is 114 Å². The Kier molecular flexibility index (Phi) is 5.50. The van der Waals surface area contributed by atoms with Crippen LogP contribution in [-0.4, -0.2) is 34.4 Å². The molecule has 0 aliphatic carbocycles. The normalized spacial score (nSPS) is 11.5. The van der Waals surface area contributed by atoms with E-state index >= 15 is 0 Å². The molecule has 0 amide bonds. The molecular formula is C19H17BrFN7O2S. The van der Waals surface area contributed by atoms with Gasteiger partial charge in [-0.25, -0.2) is 17.8 Å². The third-order valence-corrected chi connectivity index (χ3v) is 5.46. The standard InChI is InChI=1S/C19H17BrFN7O2S/c1-28-16-8-12(7-6-11(16)9-23-28)24-19-22-10-13(20)18(26-19)25-15-5-3-4-14(21)17(15)27-31(2,29)30/h3-10,27H,1-2H3,(H2,22,24,25,26). The Bertz CT molecular complexity index is 1390. The SMILES string of the molecule is Cn1ncc2ccc(Nc3ncc(Br)c(Nc4cccc(F)c4NS(C)(=O)=O)n3)cc21. The van der Waals surface area contributed by atoms with Gasteiger partial charge in [0.1, 0.15) is 17.3 Å². The van der Waals surface area contributed by atoms with E-state index < -0.39 is 15.8 Å². The molecule has 9 nitrogen and oxygen atoms in total. The van der Waals surface area contributed by atoms with Crippen LogP contribution in [0, 0.1) is 5.82 Å². The lowest BCUT2D eigenvalue weighted by molar-refractivity contribution is 0.604. The zero-order valence-corrected chi connectivity index (χ0v) is 18.8. The summed E-state index contributed by atoms with van der Waals surface area (Å²) in [5, 5.41) is 11.3. The maximum atomic E-state index is 14.3. The molecule has 4 rings (SSSR count). The Morgan fingerprint density at radius 3 is 2.71 bits per heavy atom. The molecule has 31 heavy (non-hydrogen) atoms. The second-order valence-corrected chi connectivity index (χ2v) is 9.32. The largest absolute Gasteiger partial charge is 0.337 e. The van der Waals surface area contributed by atoms with E-state index in [0.717, 1.165) is 28.9 Å². The number of benzene rings is 2. The van der Waals surface area contributed by atoms with Crippen LogP contribution in [0.3, 0.4) is 0 Å². The van der Waals surface area contributed by atoms with Crippen LogP contribution >= 0.6 is 15.9 Å². The molecule has 0 radical (unpaired) electrons. The first-order chi connectivity index (χ1) is 14.7. The van der Waals surface area contributed by atoms with Crippen molar-refractivity contribution in [3.63, 3.8) is 0 Å². The summed E-state index contributed by atoms with van der Waals surface area (Å²) < 4.78 is 42.0. The second-order valence-electron chi connectivity index (χ2n) is 6.72. The quantitative estimate of drug-likeness (QED) is 0.361. The summed E-state index contributed by atoms with van der Waals surface area (Å²) in [5.74, 6) is -0.106. The number of fused-ring (bicyclic) bond motifs is 1. The molecule has 0 saturated carbocycles. The first kappa shape index (κ1) is 21.0. The van der Waals surface area contributed by atoms with Crippen LogP contribution in [0.4, 0.5) is 33.2 Å². The van der Waals surface area contributed by atoms with Gasteiger partial charge >= 0.3 is 0 Å². The smallest absolute Gasteiger partial charge is 0.229 e. The molecule has 0 aliphatic heterocycles. The zero-order chi connectivity index (χ0) is 22.2. The summed E-state index contributed by atoms with van der Waals surface area (Å²) in [6.07, 6.45) is 4.26. The third-order valence-electron chi connectivity index (χ3n) is 4.30. The van der Waals surface area contributed by atoms with Crippen LogP contribution in [0.25, 0.3) is 10.9 Å². The first-order valence-corrected chi connectivity index (χ1v) is 11.6. The monoisotopic (exact) mass is 505 g/mol. The molecule has 2 heterocycles. The number of anilines is 5. The van der Waals surface area contributed by atoms with Crippen molar-refractivity contribution in [2.75, 3.05) is 21.6 Å². The lowest BCUT2D eigenvalue weighted by atomic mass is 10.2. The summed E-state index contributed by atoms with van der Waals surface area (Å²) in [6, 6.07) is 9.88. The predicted molar refractivity (Wildman–Crippen MR) is 122 cm³/mol. The number of aryl methyl sites for hydroxylation is 1. The first-order valence-electron chi connectivity index (χ1n) is 8.94. The maximum absolute atomic E-state index is 14.3. The van der Waals surface area contributed by atoms with Crippen molar-refractivity contribution in [1.29, 1.82) is 0 Å². The van der Waals surface area contributed by atoms with Crippen LogP contribution in [0.1, 0.15) is 0 Å². The fraction of sp³-hybridized carbons (Fsp3) is 0.105. The van der Waals surface area contributed by atoms with Crippen LogP contribution in [0.2, 0.25) is 0 Å². The highest BCUT2D eigenvalue weighted by atomic mass is 79.9. The molecule has 12 heteroatoms.